The Morgan fingerprint density at radius 2 is 1.78 bits per heavy atom. The van der Waals surface area contributed by atoms with Gasteiger partial charge >= 0.3 is 6.09 Å². The number of aryl methyl sites for hydroxylation is 1. The molecule has 1 heterocycles. The third-order valence-electron chi connectivity index (χ3n) is 5.05. The smallest absolute Gasteiger partial charge is 0.410 e. The average molecular weight is 509 g/mol. The van der Waals surface area contributed by atoms with Crippen LogP contribution < -0.4 is 15.0 Å². The van der Waals surface area contributed by atoms with Gasteiger partial charge in [0.25, 0.3) is 0 Å². The molecule has 1 amide bonds. The molecule has 8 heteroatoms. The standard InChI is InChI=1S/C17H19NO.C9H15NO3.C3H6N2/c1-5-19-17-11-10-15(12-16(17)18(3)4)14-8-6-13(2)7-9-14;1-9(2,3)13-8(12)10-4-7(5-10)6-11;1-5-3-2-4/h5-12H,1H2,2-4H3;6-7H,4-5H2,1-3H3;5H,3H2,1H3. The predicted molar refractivity (Wildman–Crippen MR) is 149 cm³/mol. The van der Waals surface area contributed by atoms with E-state index >= 15 is 0 Å². The summed E-state index contributed by atoms with van der Waals surface area (Å²) in [6.07, 6.45) is 2.00. The Kier molecular flexibility index (Phi) is 12.9. The Balaban J connectivity index is 0.000000329. The van der Waals surface area contributed by atoms with Gasteiger partial charge < -0.3 is 29.4 Å². The van der Waals surface area contributed by atoms with E-state index in [0.29, 0.717) is 19.6 Å². The number of likely N-dealkylation sites (tertiary alicyclic amines) is 1. The SMILES string of the molecule is C=COc1ccc(-c2ccc(C)cc2)cc1N(C)C.CC(C)(C)OC(=O)N1CC(C=O)C1.CNCC#N. The molecule has 2 aromatic carbocycles. The number of nitriles is 1. The second kappa shape index (κ2) is 15.3. The van der Waals surface area contributed by atoms with Gasteiger partial charge in [0.1, 0.15) is 17.6 Å². The lowest BCUT2D eigenvalue weighted by Crippen LogP contribution is -2.52. The van der Waals surface area contributed by atoms with Crippen LogP contribution in [0.15, 0.2) is 55.3 Å². The van der Waals surface area contributed by atoms with E-state index in [-0.39, 0.29) is 12.0 Å². The zero-order valence-electron chi connectivity index (χ0n) is 23.1. The molecule has 37 heavy (non-hydrogen) atoms. The van der Waals surface area contributed by atoms with Crippen molar-refractivity contribution in [2.24, 2.45) is 5.92 Å². The van der Waals surface area contributed by atoms with Gasteiger partial charge in [0.2, 0.25) is 0 Å². The molecule has 1 saturated heterocycles. The molecule has 8 nitrogen and oxygen atoms in total. The molecule has 0 radical (unpaired) electrons. The summed E-state index contributed by atoms with van der Waals surface area (Å²) in [7, 11) is 5.75. The van der Waals surface area contributed by atoms with Gasteiger partial charge in [-0.3, -0.25) is 0 Å². The van der Waals surface area contributed by atoms with Gasteiger partial charge in [-0.15, -0.1) is 0 Å². The molecule has 0 unspecified atom stereocenters. The highest BCUT2D eigenvalue weighted by atomic mass is 16.6. The van der Waals surface area contributed by atoms with Crippen LogP contribution in [0.1, 0.15) is 26.3 Å². The van der Waals surface area contributed by atoms with Gasteiger partial charge in [-0.25, -0.2) is 4.79 Å². The van der Waals surface area contributed by atoms with Crippen molar-refractivity contribution in [1.82, 2.24) is 10.2 Å². The minimum atomic E-state index is -0.455. The molecule has 200 valence electrons. The van der Waals surface area contributed by atoms with E-state index in [2.05, 4.69) is 55.2 Å². The first kappa shape index (κ1) is 31.2. The molecule has 0 spiro atoms. The number of hydrogen-bond acceptors (Lipinski definition) is 7. The van der Waals surface area contributed by atoms with Crippen molar-refractivity contribution in [3.8, 4) is 22.9 Å². The summed E-state index contributed by atoms with van der Waals surface area (Å²) in [6, 6.07) is 16.6. The zero-order chi connectivity index (χ0) is 28.0. The third-order valence-corrected chi connectivity index (χ3v) is 5.05. The van der Waals surface area contributed by atoms with Crippen molar-refractivity contribution < 1.29 is 19.1 Å². The highest BCUT2D eigenvalue weighted by molar-refractivity contribution is 5.73. The van der Waals surface area contributed by atoms with E-state index in [0.717, 1.165) is 17.7 Å². The van der Waals surface area contributed by atoms with Crippen LogP contribution in [0.3, 0.4) is 0 Å². The van der Waals surface area contributed by atoms with E-state index in [4.69, 9.17) is 14.7 Å². The lowest BCUT2D eigenvalue weighted by Gasteiger charge is -2.36. The van der Waals surface area contributed by atoms with Gasteiger partial charge in [0.15, 0.2) is 0 Å². The molecule has 2 aromatic rings. The Hall–Kier alpha value is -3.83. The Labute approximate surface area is 221 Å². The van der Waals surface area contributed by atoms with Crippen LogP contribution in [0.4, 0.5) is 10.5 Å². The van der Waals surface area contributed by atoms with Crippen molar-refractivity contribution in [3.05, 3.63) is 60.9 Å². The first-order chi connectivity index (χ1) is 17.4. The van der Waals surface area contributed by atoms with Crippen LogP contribution in [-0.4, -0.2) is 63.7 Å². The molecule has 0 aromatic heterocycles. The lowest BCUT2D eigenvalue weighted by molar-refractivity contribution is -0.115. The number of nitrogens with one attached hydrogen (secondary N) is 1. The summed E-state index contributed by atoms with van der Waals surface area (Å²) in [5.74, 6) is 0.823. The van der Waals surface area contributed by atoms with Crippen LogP contribution in [0, 0.1) is 24.2 Å². The molecule has 0 bridgehead atoms. The van der Waals surface area contributed by atoms with E-state index in [1.807, 2.05) is 51.9 Å². The fourth-order valence-corrected chi connectivity index (χ4v) is 3.14. The maximum atomic E-state index is 11.3. The first-order valence-electron chi connectivity index (χ1n) is 12.1. The zero-order valence-corrected chi connectivity index (χ0v) is 23.1. The molecule has 1 fully saturated rings. The van der Waals surface area contributed by atoms with E-state index in [9.17, 15) is 9.59 Å². The van der Waals surface area contributed by atoms with Crippen molar-refractivity contribution in [2.45, 2.75) is 33.3 Å². The Morgan fingerprint density at radius 3 is 2.22 bits per heavy atom. The number of anilines is 1. The summed E-state index contributed by atoms with van der Waals surface area (Å²) in [4.78, 5) is 25.1. The Morgan fingerprint density at radius 1 is 1.19 bits per heavy atom. The molecule has 0 saturated carbocycles. The van der Waals surface area contributed by atoms with E-state index in [1.165, 1.54) is 27.9 Å². The minimum absolute atomic E-state index is 0.00696. The molecular weight excluding hydrogens is 468 g/mol. The molecule has 1 N–H and O–H groups in total. The second-order valence-corrected chi connectivity index (χ2v) is 9.70. The largest absolute Gasteiger partial charge is 0.463 e. The normalized spacial score (nSPS) is 12.3. The van der Waals surface area contributed by atoms with Crippen molar-refractivity contribution in [3.63, 3.8) is 0 Å². The number of aldehydes is 1. The molecule has 0 aliphatic carbocycles. The molecule has 0 atom stereocenters. The van der Waals surface area contributed by atoms with Crippen molar-refractivity contribution >= 4 is 18.1 Å². The number of amides is 1. The fourth-order valence-electron chi connectivity index (χ4n) is 3.14. The second-order valence-electron chi connectivity index (χ2n) is 9.70. The van der Waals surface area contributed by atoms with Gasteiger partial charge in [0, 0.05) is 27.2 Å². The Bertz CT molecular complexity index is 1050. The third kappa shape index (κ3) is 11.2. The fraction of sp³-hybridized carbons (Fsp3) is 0.414. The van der Waals surface area contributed by atoms with Gasteiger partial charge in [0.05, 0.1) is 30.5 Å². The summed E-state index contributed by atoms with van der Waals surface area (Å²) in [5, 5.41) is 10.4. The molecule has 1 aliphatic heterocycles. The highest BCUT2D eigenvalue weighted by Gasteiger charge is 2.33. The van der Waals surface area contributed by atoms with Crippen LogP contribution in [0.5, 0.6) is 5.75 Å². The first-order valence-corrected chi connectivity index (χ1v) is 12.1. The highest BCUT2D eigenvalue weighted by Crippen LogP contribution is 2.32. The van der Waals surface area contributed by atoms with Crippen LogP contribution in [0.25, 0.3) is 11.1 Å². The van der Waals surface area contributed by atoms with Gasteiger partial charge in [-0.2, -0.15) is 5.26 Å². The number of rotatable bonds is 6. The van der Waals surface area contributed by atoms with Crippen molar-refractivity contribution in [2.75, 3.05) is 45.7 Å². The number of hydrogen-bond donors (Lipinski definition) is 1. The van der Waals surface area contributed by atoms with Gasteiger partial charge in [-0.05, 0) is 58.0 Å². The molecule has 1 aliphatic rings. The quantitative estimate of drug-likeness (QED) is 0.332. The molecule has 3 rings (SSSR count). The summed E-state index contributed by atoms with van der Waals surface area (Å²) in [6.45, 7) is 12.6. The van der Waals surface area contributed by atoms with Crippen LogP contribution in [-0.2, 0) is 9.53 Å². The number of nitrogens with zero attached hydrogens (tertiary/aromatic N) is 3. The van der Waals surface area contributed by atoms with Crippen LogP contribution >= 0.6 is 0 Å². The number of benzene rings is 2. The average Bonchev–Trinajstić information content (AvgIpc) is 2.79. The molecular formula is C29H40N4O4. The topological polar surface area (TPSA) is 94.9 Å². The van der Waals surface area contributed by atoms with E-state index in [1.54, 1.807) is 7.05 Å². The predicted octanol–water partition coefficient (Wildman–Crippen LogP) is 5.03. The van der Waals surface area contributed by atoms with E-state index < -0.39 is 5.60 Å². The maximum Gasteiger partial charge on any atom is 0.410 e. The summed E-state index contributed by atoms with van der Waals surface area (Å²) in [5.41, 5.74) is 4.24. The lowest BCUT2D eigenvalue weighted by atomic mass is 10.0. The summed E-state index contributed by atoms with van der Waals surface area (Å²) < 4.78 is 10.5. The number of carbonyl (C=O) groups excluding carboxylic acids is 2. The van der Waals surface area contributed by atoms with Gasteiger partial charge in [-0.1, -0.05) is 42.5 Å². The maximum absolute atomic E-state index is 11.3. The van der Waals surface area contributed by atoms with Crippen molar-refractivity contribution in [1.29, 1.82) is 5.26 Å². The summed E-state index contributed by atoms with van der Waals surface area (Å²) >= 11 is 0. The number of ether oxygens (including phenoxy) is 2. The minimum Gasteiger partial charge on any atom is -0.463 e. The number of carbonyl (C=O) groups is 2. The monoisotopic (exact) mass is 508 g/mol. The van der Waals surface area contributed by atoms with Crippen LogP contribution in [0.2, 0.25) is 0 Å².